The first-order chi connectivity index (χ1) is 11.5. The zero-order chi connectivity index (χ0) is 17.5. The highest BCUT2D eigenvalue weighted by Crippen LogP contribution is 2.27. The third-order valence-corrected chi connectivity index (χ3v) is 5.57. The number of nitrogens with zero attached hydrogens (tertiary/aromatic N) is 3. The zero-order valence-electron chi connectivity index (χ0n) is 15.8. The molecular weight excluding hydrogens is 294 g/mol. The second-order valence-electron chi connectivity index (χ2n) is 7.70. The summed E-state index contributed by atoms with van der Waals surface area (Å²) in [5.74, 6) is 0.848. The first-order valence-electron chi connectivity index (χ1n) is 9.39. The molecule has 1 heterocycles. The van der Waals surface area contributed by atoms with E-state index < -0.39 is 0 Å². The maximum atomic E-state index is 9.02. The molecule has 0 aliphatic carbocycles. The predicted molar refractivity (Wildman–Crippen MR) is 101 cm³/mol. The van der Waals surface area contributed by atoms with Gasteiger partial charge in [0.2, 0.25) is 0 Å². The first-order valence-corrected chi connectivity index (χ1v) is 9.39. The standard InChI is InChI=1S/C21H33N3/c1-17(14-22)9-8-12-24(16-20-10-6-5-7-11-20)21-13-19(3)23(4)15-18(21)2/h5-7,10-11,17-19,21H,8-9,12-13,15-16H2,1-4H3/t17-,18-,19+,21+/m1/s1. The van der Waals surface area contributed by atoms with Crippen LogP contribution in [0.25, 0.3) is 0 Å². The molecule has 3 nitrogen and oxygen atoms in total. The molecule has 1 aromatic carbocycles. The Morgan fingerprint density at radius 1 is 1.29 bits per heavy atom. The SMILES string of the molecule is C[C@@H]1CN(C)[C@@H](C)C[C@@H]1N(CCC[C@@H](C)C#N)Cc1ccccc1. The van der Waals surface area contributed by atoms with E-state index >= 15 is 0 Å². The van der Waals surface area contributed by atoms with Gasteiger partial charge in [0.1, 0.15) is 0 Å². The number of likely N-dealkylation sites (tertiary alicyclic amines) is 1. The molecule has 0 aromatic heterocycles. The molecule has 132 valence electrons. The van der Waals surface area contributed by atoms with Gasteiger partial charge in [-0.15, -0.1) is 0 Å². The van der Waals surface area contributed by atoms with Gasteiger partial charge in [0.25, 0.3) is 0 Å². The average molecular weight is 328 g/mol. The molecule has 0 radical (unpaired) electrons. The van der Waals surface area contributed by atoms with Crippen LogP contribution in [-0.2, 0) is 6.54 Å². The van der Waals surface area contributed by atoms with Crippen LogP contribution < -0.4 is 0 Å². The van der Waals surface area contributed by atoms with Crippen molar-refractivity contribution in [1.82, 2.24) is 9.80 Å². The van der Waals surface area contributed by atoms with Crippen LogP contribution in [0.1, 0.15) is 45.6 Å². The van der Waals surface area contributed by atoms with Gasteiger partial charge in [-0.05, 0) is 58.2 Å². The summed E-state index contributed by atoms with van der Waals surface area (Å²) in [5.41, 5.74) is 1.39. The Hall–Kier alpha value is -1.37. The van der Waals surface area contributed by atoms with Crippen LogP contribution in [0.15, 0.2) is 30.3 Å². The van der Waals surface area contributed by atoms with Crippen LogP contribution in [0.3, 0.4) is 0 Å². The second kappa shape index (κ2) is 9.20. The van der Waals surface area contributed by atoms with E-state index in [4.69, 9.17) is 5.26 Å². The Morgan fingerprint density at radius 2 is 2.00 bits per heavy atom. The lowest BCUT2D eigenvalue weighted by molar-refractivity contribution is 0.0398. The number of benzene rings is 1. The van der Waals surface area contributed by atoms with Crippen molar-refractivity contribution in [3.63, 3.8) is 0 Å². The van der Waals surface area contributed by atoms with Gasteiger partial charge in [0, 0.05) is 31.1 Å². The molecule has 3 heteroatoms. The van der Waals surface area contributed by atoms with E-state index in [2.05, 4.69) is 67.1 Å². The summed E-state index contributed by atoms with van der Waals surface area (Å²) < 4.78 is 0. The molecule has 0 saturated carbocycles. The fraction of sp³-hybridized carbons (Fsp3) is 0.667. The summed E-state index contributed by atoms with van der Waals surface area (Å²) in [4.78, 5) is 5.16. The summed E-state index contributed by atoms with van der Waals surface area (Å²) in [6.45, 7) is 10.0. The molecule has 2 rings (SSSR count). The molecule has 1 aliphatic heterocycles. The van der Waals surface area contributed by atoms with Gasteiger partial charge in [-0.3, -0.25) is 4.90 Å². The van der Waals surface area contributed by atoms with E-state index in [-0.39, 0.29) is 5.92 Å². The van der Waals surface area contributed by atoms with Gasteiger partial charge < -0.3 is 4.90 Å². The normalized spacial score (nSPS) is 26.2. The van der Waals surface area contributed by atoms with Crippen molar-refractivity contribution in [1.29, 1.82) is 5.26 Å². The van der Waals surface area contributed by atoms with Gasteiger partial charge in [-0.1, -0.05) is 37.3 Å². The fourth-order valence-corrected chi connectivity index (χ4v) is 3.87. The minimum absolute atomic E-state index is 0.164. The summed E-state index contributed by atoms with van der Waals surface area (Å²) in [7, 11) is 2.24. The molecule has 1 saturated heterocycles. The summed E-state index contributed by atoms with van der Waals surface area (Å²) >= 11 is 0. The van der Waals surface area contributed by atoms with Crippen molar-refractivity contribution in [2.75, 3.05) is 20.1 Å². The molecular formula is C21H33N3. The van der Waals surface area contributed by atoms with Crippen LogP contribution in [0, 0.1) is 23.2 Å². The van der Waals surface area contributed by atoms with Crippen molar-refractivity contribution in [2.24, 2.45) is 11.8 Å². The Bertz CT molecular complexity index is 522. The van der Waals surface area contributed by atoms with Crippen molar-refractivity contribution < 1.29 is 0 Å². The lowest BCUT2D eigenvalue weighted by Crippen LogP contribution is -2.52. The molecule has 0 N–H and O–H groups in total. The van der Waals surface area contributed by atoms with E-state index in [0.29, 0.717) is 18.0 Å². The smallest absolute Gasteiger partial charge is 0.0652 e. The molecule has 0 amide bonds. The highest BCUT2D eigenvalue weighted by molar-refractivity contribution is 5.14. The summed E-state index contributed by atoms with van der Waals surface area (Å²) in [6.07, 6.45) is 3.34. The minimum Gasteiger partial charge on any atom is -0.303 e. The van der Waals surface area contributed by atoms with Gasteiger partial charge >= 0.3 is 0 Å². The fourth-order valence-electron chi connectivity index (χ4n) is 3.87. The number of rotatable bonds is 7. The molecule has 24 heavy (non-hydrogen) atoms. The molecule has 4 atom stereocenters. The monoisotopic (exact) mass is 327 g/mol. The zero-order valence-corrected chi connectivity index (χ0v) is 15.8. The van der Waals surface area contributed by atoms with E-state index in [9.17, 15) is 0 Å². The Labute approximate surface area is 148 Å². The Kier molecular flexibility index (Phi) is 7.27. The van der Waals surface area contributed by atoms with Crippen LogP contribution in [0.5, 0.6) is 0 Å². The summed E-state index contributed by atoms with van der Waals surface area (Å²) in [5, 5.41) is 9.02. The van der Waals surface area contributed by atoms with E-state index in [1.165, 1.54) is 18.5 Å². The van der Waals surface area contributed by atoms with Crippen molar-refractivity contribution >= 4 is 0 Å². The highest BCUT2D eigenvalue weighted by atomic mass is 15.2. The molecule has 0 bridgehead atoms. The lowest BCUT2D eigenvalue weighted by Gasteiger charge is -2.45. The van der Waals surface area contributed by atoms with Gasteiger partial charge in [0.05, 0.1) is 6.07 Å². The quantitative estimate of drug-likeness (QED) is 0.753. The first kappa shape index (κ1) is 19.0. The van der Waals surface area contributed by atoms with Crippen molar-refractivity contribution in [3.8, 4) is 6.07 Å². The molecule has 1 aromatic rings. The number of hydrogen-bond donors (Lipinski definition) is 0. The number of hydrogen-bond acceptors (Lipinski definition) is 3. The van der Waals surface area contributed by atoms with Crippen molar-refractivity contribution in [2.45, 2.75) is 58.7 Å². The lowest BCUT2D eigenvalue weighted by atomic mass is 9.88. The maximum Gasteiger partial charge on any atom is 0.0652 e. The Balaban J connectivity index is 2.05. The van der Waals surface area contributed by atoms with E-state index in [0.717, 1.165) is 25.9 Å². The van der Waals surface area contributed by atoms with Gasteiger partial charge in [0.15, 0.2) is 0 Å². The van der Waals surface area contributed by atoms with Crippen LogP contribution >= 0.6 is 0 Å². The van der Waals surface area contributed by atoms with Crippen LogP contribution in [0.2, 0.25) is 0 Å². The summed E-state index contributed by atoms with van der Waals surface area (Å²) in [6, 6.07) is 14.4. The topological polar surface area (TPSA) is 30.3 Å². The molecule has 1 aliphatic rings. The number of piperidine rings is 1. The third-order valence-electron chi connectivity index (χ3n) is 5.57. The number of nitriles is 1. The molecule has 0 spiro atoms. The third kappa shape index (κ3) is 5.33. The van der Waals surface area contributed by atoms with E-state index in [1.54, 1.807) is 0 Å². The highest BCUT2D eigenvalue weighted by Gasteiger charge is 2.32. The van der Waals surface area contributed by atoms with Crippen LogP contribution in [0.4, 0.5) is 0 Å². The minimum atomic E-state index is 0.164. The van der Waals surface area contributed by atoms with Crippen LogP contribution in [-0.4, -0.2) is 42.0 Å². The van der Waals surface area contributed by atoms with Crippen molar-refractivity contribution in [3.05, 3.63) is 35.9 Å². The van der Waals surface area contributed by atoms with Gasteiger partial charge in [-0.25, -0.2) is 0 Å². The predicted octanol–water partition coefficient (Wildman–Crippen LogP) is 4.16. The largest absolute Gasteiger partial charge is 0.303 e. The van der Waals surface area contributed by atoms with Gasteiger partial charge in [-0.2, -0.15) is 5.26 Å². The maximum absolute atomic E-state index is 9.02. The molecule has 0 unspecified atom stereocenters. The molecule has 1 fully saturated rings. The van der Waals surface area contributed by atoms with E-state index in [1.807, 2.05) is 6.92 Å². The Morgan fingerprint density at radius 3 is 2.67 bits per heavy atom. The second-order valence-corrected chi connectivity index (χ2v) is 7.70. The average Bonchev–Trinajstić information content (AvgIpc) is 2.58.